The van der Waals surface area contributed by atoms with Crippen LogP contribution in [0.2, 0.25) is 10.0 Å². The Morgan fingerprint density at radius 3 is 2.62 bits per heavy atom. The normalized spacial score (nSPS) is 12.6. The topological polar surface area (TPSA) is 17.8 Å². The summed E-state index contributed by atoms with van der Waals surface area (Å²) in [5.41, 5.74) is 3.34. The summed E-state index contributed by atoms with van der Waals surface area (Å²) in [5, 5.41) is 7.01. The minimum absolute atomic E-state index is 0.459. The van der Waals surface area contributed by atoms with E-state index in [1.807, 2.05) is 29.9 Å². The Kier molecular flexibility index (Phi) is 6.15. The maximum Gasteiger partial charge on any atom is 0.0849 e. The van der Waals surface area contributed by atoms with Gasteiger partial charge < -0.3 is 0 Å². The summed E-state index contributed by atoms with van der Waals surface area (Å²) in [7, 11) is 1.96. The van der Waals surface area contributed by atoms with E-state index in [4.69, 9.17) is 23.2 Å². The average molecular weight is 390 g/mol. The Morgan fingerprint density at radius 2 is 2.05 bits per heavy atom. The zero-order valence-corrected chi connectivity index (χ0v) is 15.3. The van der Waals surface area contributed by atoms with Crippen LogP contribution in [-0.4, -0.2) is 15.1 Å². The van der Waals surface area contributed by atoms with Gasteiger partial charge in [-0.3, -0.25) is 4.68 Å². The molecule has 0 fully saturated rings. The molecule has 0 bridgehead atoms. The molecule has 2 nitrogen and oxygen atoms in total. The number of halogens is 3. The lowest BCUT2D eigenvalue weighted by molar-refractivity contribution is 0.557. The molecule has 1 aromatic heterocycles. The van der Waals surface area contributed by atoms with Gasteiger partial charge in [0.1, 0.15) is 0 Å². The van der Waals surface area contributed by atoms with E-state index in [9.17, 15) is 0 Å². The summed E-state index contributed by atoms with van der Waals surface area (Å²) in [4.78, 5) is 0. The van der Waals surface area contributed by atoms with Crippen LogP contribution in [0.4, 0.5) is 0 Å². The molecular weight excluding hydrogens is 371 g/mol. The molecule has 2 aromatic rings. The SMILES string of the molecule is CCc1nn(C)c(CC(CBr)Cc2cccc(Cl)c2)c1Cl. The van der Waals surface area contributed by atoms with Crippen molar-refractivity contribution in [2.45, 2.75) is 26.2 Å². The van der Waals surface area contributed by atoms with E-state index in [-0.39, 0.29) is 0 Å². The Hall–Kier alpha value is -0.510. The van der Waals surface area contributed by atoms with Crippen LogP contribution in [0.25, 0.3) is 0 Å². The third-order valence-corrected chi connectivity index (χ3v) is 5.20. The predicted octanol–water partition coefficient (Wildman–Crippen LogP) is 5.09. The Balaban J connectivity index is 2.14. The lowest BCUT2D eigenvalue weighted by Gasteiger charge is -2.15. The molecule has 0 saturated heterocycles. The molecule has 0 saturated carbocycles. The highest BCUT2D eigenvalue weighted by Crippen LogP contribution is 2.26. The van der Waals surface area contributed by atoms with Crippen LogP contribution in [0.3, 0.4) is 0 Å². The first-order chi connectivity index (χ1) is 10.0. The zero-order chi connectivity index (χ0) is 15.4. The molecule has 114 valence electrons. The van der Waals surface area contributed by atoms with Gasteiger partial charge in [-0.25, -0.2) is 0 Å². The van der Waals surface area contributed by atoms with Crippen molar-refractivity contribution < 1.29 is 0 Å². The molecule has 1 atom stereocenters. The molecule has 0 amide bonds. The highest BCUT2D eigenvalue weighted by molar-refractivity contribution is 9.09. The third-order valence-electron chi connectivity index (χ3n) is 3.62. The van der Waals surface area contributed by atoms with E-state index in [1.54, 1.807) is 0 Å². The van der Waals surface area contributed by atoms with Crippen molar-refractivity contribution in [3.63, 3.8) is 0 Å². The number of hydrogen-bond donors (Lipinski definition) is 0. The van der Waals surface area contributed by atoms with Gasteiger partial charge in [0, 0.05) is 17.4 Å². The molecule has 0 aliphatic carbocycles. The van der Waals surface area contributed by atoms with Crippen molar-refractivity contribution in [3.05, 3.63) is 51.3 Å². The number of aryl methyl sites for hydroxylation is 2. The van der Waals surface area contributed by atoms with Crippen LogP contribution in [0.5, 0.6) is 0 Å². The van der Waals surface area contributed by atoms with E-state index in [2.05, 4.69) is 34.0 Å². The molecule has 2 rings (SSSR count). The van der Waals surface area contributed by atoms with Crippen LogP contribution >= 0.6 is 39.1 Å². The molecule has 0 radical (unpaired) electrons. The van der Waals surface area contributed by atoms with Gasteiger partial charge in [0.05, 0.1) is 16.4 Å². The fourth-order valence-electron chi connectivity index (χ4n) is 2.49. The Labute approximate surface area is 144 Å². The number of alkyl halides is 1. The van der Waals surface area contributed by atoms with Crippen molar-refractivity contribution in [1.29, 1.82) is 0 Å². The first-order valence-corrected chi connectivity index (χ1v) is 8.93. The van der Waals surface area contributed by atoms with Crippen LogP contribution in [0.1, 0.15) is 23.9 Å². The number of aromatic nitrogens is 2. The van der Waals surface area contributed by atoms with Crippen molar-refractivity contribution in [1.82, 2.24) is 9.78 Å². The molecule has 1 unspecified atom stereocenters. The highest BCUT2D eigenvalue weighted by Gasteiger charge is 2.18. The van der Waals surface area contributed by atoms with Gasteiger partial charge in [-0.15, -0.1) is 0 Å². The zero-order valence-electron chi connectivity index (χ0n) is 12.2. The van der Waals surface area contributed by atoms with Gasteiger partial charge in [-0.2, -0.15) is 5.10 Å². The molecule has 21 heavy (non-hydrogen) atoms. The van der Waals surface area contributed by atoms with Crippen molar-refractivity contribution in [2.24, 2.45) is 13.0 Å². The van der Waals surface area contributed by atoms with Crippen LogP contribution < -0.4 is 0 Å². The predicted molar refractivity (Wildman–Crippen MR) is 93.7 cm³/mol. The first-order valence-electron chi connectivity index (χ1n) is 7.05. The van der Waals surface area contributed by atoms with E-state index in [0.717, 1.165) is 46.0 Å². The lowest BCUT2D eigenvalue weighted by Crippen LogP contribution is -2.13. The summed E-state index contributed by atoms with van der Waals surface area (Å²) in [6, 6.07) is 8.04. The van der Waals surface area contributed by atoms with Crippen LogP contribution in [-0.2, 0) is 26.3 Å². The second-order valence-electron chi connectivity index (χ2n) is 5.24. The quantitative estimate of drug-likeness (QED) is 0.629. The molecule has 1 heterocycles. The van der Waals surface area contributed by atoms with Gasteiger partial charge in [-0.1, -0.05) is 58.2 Å². The second-order valence-corrected chi connectivity index (χ2v) is 6.70. The Morgan fingerprint density at radius 1 is 1.29 bits per heavy atom. The van der Waals surface area contributed by atoms with Crippen molar-refractivity contribution in [3.8, 4) is 0 Å². The third kappa shape index (κ3) is 4.24. The van der Waals surface area contributed by atoms with Gasteiger partial charge in [0.15, 0.2) is 0 Å². The van der Waals surface area contributed by atoms with Gasteiger partial charge in [-0.05, 0) is 42.9 Å². The van der Waals surface area contributed by atoms with E-state index < -0.39 is 0 Å². The summed E-state index contributed by atoms with van der Waals surface area (Å²) >= 11 is 16.1. The summed E-state index contributed by atoms with van der Waals surface area (Å²) in [5.74, 6) is 0.459. The van der Waals surface area contributed by atoms with E-state index in [0.29, 0.717) is 5.92 Å². The minimum atomic E-state index is 0.459. The Bertz CT molecular complexity index is 610. The average Bonchev–Trinajstić information content (AvgIpc) is 2.73. The van der Waals surface area contributed by atoms with E-state index >= 15 is 0 Å². The summed E-state index contributed by atoms with van der Waals surface area (Å²) in [6.07, 6.45) is 2.73. The molecule has 0 aliphatic rings. The van der Waals surface area contributed by atoms with Crippen molar-refractivity contribution >= 4 is 39.1 Å². The number of rotatable bonds is 6. The molecule has 1 aromatic carbocycles. The number of nitrogens with zero attached hydrogens (tertiary/aromatic N) is 2. The monoisotopic (exact) mass is 388 g/mol. The summed E-state index contributed by atoms with van der Waals surface area (Å²) in [6.45, 7) is 2.08. The fraction of sp³-hybridized carbons (Fsp3) is 0.438. The fourth-order valence-corrected chi connectivity index (χ4v) is 3.54. The molecular formula is C16H19BrCl2N2. The maximum absolute atomic E-state index is 6.44. The maximum atomic E-state index is 6.44. The van der Waals surface area contributed by atoms with Gasteiger partial charge in [0.25, 0.3) is 0 Å². The van der Waals surface area contributed by atoms with Crippen LogP contribution in [0.15, 0.2) is 24.3 Å². The van der Waals surface area contributed by atoms with Gasteiger partial charge in [0.2, 0.25) is 0 Å². The van der Waals surface area contributed by atoms with Crippen LogP contribution in [0, 0.1) is 5.92 Å². The highest BCUT2D eigenvalue weighted by atomic mass is 79.9. The first kappa shape index (κ1) is 16.9. The smallest absolute Gasteiger partial charge is 0.0849 e. The largest absolute Gasteiger partial charge is 0.271 e. The van der Waals surface area contributed by atoms with Gasteiger partial charge >= 0.3 is 0 Å². The second kappa shape index (κ2) is 7.66. The number of benzene rings is 1. The number of hydrogen-bond acceptors (Lipinski definition) is 1. The molecule has 5 heteroatoms. The van der Waals surface area contributed by atoms with Crippen molar-refractivity contribution in [2.75, 3.05) is 5.33 Å². The standard InChI is InChI=1S/C16H19BrCl2N2/c1-3-14-16(19)15(21(2)20-14)9-12(10-17)7-11-5-4-6-13(18)8-11/h4-6,8,12H,3,7,9-10H2,1-2H3. The van der Waals surface area contributed by atoms with E-state index in [1.165, 1.54) is 5.56 Å². The lowest BCUT2D eigenvalue weighted by atomic mass is 9.96. The molecule has 0 N–H and O–H groups in total. The minimum Gasteiger partial charge on any atom is -0.271 e. The summed E-state index contributed by atoms with van der Waals surface area (Å²) < 4.78 is 1.91. The molecule has 0 spiro atoms. The molecule has 0 aliphatic heterocycles.